The molecule has 0 radical (unpaired) electrons. The first kappa shape index (κ1) is 13.0. The number of rotatable bonds is 1. The zero-order valence-electron chi connectivity index (χ0n) is 10.3. The van der Waals surface area contributed by atoms with Crippen LogP contribution in [0.1, 0.15) is 40.5 Å². The number of hydroxylamine groups is 2. The van der Waals surface area contributed by atoms with Gasteiger partial charge in [-0.05, 0) is 27.7 Å². The van der Waals surface area contributed by atoms with E-state index in [2.05, 4.69) is 0 Å². The van der Waals surface area contributed by atoms with Gasteiger partial charge in [-0.15, -0.1) is 6.42 Å². The topological polar surface area (TPSA) is 49.8 Å². The minimum Gasteiger partial charge on any atom is -0.453 e. The van der Waals surface area contributed by atoms with E-state index in [1.165, 1.54) is 5.06 Å². The Morgan fingerprint density at radius 2 is 1.81 bits per heavy atom. The lowest BCUT2D eigenvalue weighted by Crippen LogP contribution is -2.60. The van der Waals surface area contributed by atoms with E-state index in [0.717, 1.165) is 0 Å². The predicted octanol–water partition coefficient (Wildman–Crippen LogP) is 1.57. The minimum absolute atomic E-state index is 0.239. The number of hydrogen-bond acceptors (Lipinski definition) is 4. The first-order chi connectivity index (χ1) is 7.19. The summed E-state index contributed by atoms with van der Waals surface area (Å²) >= 11 is 0. The lowest BCUT2D eigenvalue weighted by Gasteiger charge is -2.50. The molecule has 4 nitrogen and oxygen atoms in total. The molecule has 0 aromatic carbocycles. The van der Waals surface area contributed by atoms with Gasteiger partial charge >= 0.3 is 5.97 Å². The van der Waals surface area contributed by atoms with E-state index in [9.17, 15) is 10.0 Å². The van der Waals surface area contributed by atoms with Gasteiger partial charge < -0.3 is 9.94 Å². The average Bonchev–Trinajstić information content (AvgIpc) is 2.13. The standard InChI is InChI=1S/C12H19NO3/c1-6-10(14)16-9-7-11(2,3)13(15)12(4,5)8-9/h1,9,15H,7-8H2,2-5H3. The molecule has 16 heavy (non-hydrogen) atoms. The van der Waals surface area contributed by atoms with Crippen LogP contribution in [-0.2, 0) is 9.53 Å². The largest absolute Gasteiger partial charge is 0.453 e. The highest BCUT2D eigenvalue weighted by Gasteiger charge is 2.46. The van der Waals surface area contributed by atoms with E-state index >= 15 is 0 Å². The number of nitrogens with zero attached hydrogens (tertiary/aromatic N) is 1. The maximum atomic E-state index is 11.0. The van der Waals surface area contributed by atoms with Crippen molar-refractivity contribution in [2.24, 2.45) is 0 Å². The van der Waals surface area contributed by atoms with E-state index in [-0.39, 0.29) is 6.10 Å². The number of ether oxygens (including phenoxy) is 1. The van der Waals surface area contributed by atoms with Crippen LogP contribution in [0.3, 0.4) is 0 Å². The van der Waals surface area contributed by atoms with Crippen LogP contribution >= 0.6 is 0 Å². The summed E-state index contributed by atoms with van der Waals surface area (Å²) in [5, 5.41) is 11.4. The Kier molecular flexibility index (Phi) is 3.32. The van der Waals surface area contributed by atoms with Gasteiger partial charge in [0.15, 0.2) is 0 Å². The van der Waals surface area contributed by atoms with E-state index in [4.69, 9.17) is 11.2 Å². The van der Waals surface area contributed by atoms with Crippen molar-refractivity contribution in [3.63, 3.8) is 0 Å². The summed E-state index contributed by atoms with van der Waals surface area (Å²) in [4.78, 5) is 11.0. The molecule has 0 atom stereocenters. The molecule has 1 heterocycles. The Hall–Kier alpha value is -1.05. The zero-order chi connectivity index (χ0) is 12.6. The Morgan fingerprint density at radius 3 is 2.19 bits per heavy atom. The Balaban J connectivity index is 2.80. The molecule has 1 saturated heterocycles. The van der Waals surface area contributed by atoms with Crippen molar-refractivity contribution in [2.75, 3.05) is 0 Å². The van der Waals surface area contributed by atoms with E-state index in [1.54, 1.807) is 0 Å². The third-order valence-electron chi connectivity index (χ3n) is 2.99. The minimum atomic E-state index is -0.636. The molecule has 0 aromatic heterocycles. The lowest BCUT2D eigenvalue weighted by molar-refractivity contribution is -0.258. The molecule has 0 saturated carbocycles. The molecular formula is C12H19NO3. The summed E-state index contributed by atoms with van der Waals surface area (Å²) in [7, 11) is 0. The van der Waals surface area contributed by atoms with Crippen LogP contribution in [-0.4, -0.2) is 33.4 Å². The van der Waals surface area contributed by atoms with E-state index in [0.29, 0.717) is 12.8 Å². The van der Waals surface area contributed by atoms with Gasteiger partial charge in [0.1, 0.15) is 6.10 Å². The van der Waals surface area contributed by atoms with E-state index < -0.39 is 17.0 Å². The third-order valence-corrected chi connectivity index (χ3v) is 2.99. The van der Waals surface area contributed by atoms with Crippen molar-refractivity contribution in [1.82, 2.24) is 5.06 Å². The van der Waals surface area contributed by atoms with Gasteiger partial charge in [0.05, 0.1) is 0 Å². The molecule has 0 aliphatic carbocycles. The molecule has 90 valence electrons. The van der Waals surface area contributed by atoms with Gasteiger partial charge in [-0.1, -0.05) is 0 Å². The fourth-order valence-corrected chi connectivity index (χ4v) is 2.45. The number of hydrogen-bond donors (Lipinski definition) is 1. The number of carbonyl (C=O) groups is 1. The number of esters is 1. The van der Waals surface area contributed by atoms with Crippen molar-refractivity contribution in [2.45, 2.75) is 57.7 Å². The van der Waals surface area contributed by atoms with Gasteiger partial charge in [-0.2, -0.15) is 5.06 Å². The molecule has 0 bridgehead atoms. The molecule has 0 spiro atoms. The van der Waals surface area contributed by atoms with Gasteiger partial charge in [0.2, 0.25) is 0 Å². The summed E-state index contributed by atoms with van der Waals surface area (Å²) in [5.41, 5.74) is -0.859. The smallest absolute Gasteiger partial charge is 0.384 e. The van der Waals surface area contributed by atoms with Crippen LogP contribution in [0.2, 0.25) is 0 Å². The second kappa shape index (κ2) is 4.08. The van der Waals surface area contributed by atoms with Crippen molar-refractivity contribution < 1.29 is 14.7 Å². The second-order valence-corrected chi connectivity index (χ2v) is 5.52. The Labute approximate surface area is 96.5 Å². The van der Waals surface area contributed by atoms with Crippen molar-refractivity contribution in [3.05, 3.63) is 0 Å². The number of piperidine rings is 1. The lowest BCUT2D eigenvalue weighted by atomic mass is 9.80. The first-order valence-electron chi connectivity index (χ1n) is 5.35. The fraction of sp³-hybridized carbons (Fsp3) is 0.750. The second-order valence-electron chi connectivity index (χ2n) is 5.52. The number of terminal acetylenes is 1. The molecule has 4 heteroatoms. The quantitative estimate of drug-likeness (QED) is 0.418. The predicted molar refractivity (Wildman–Crippen MR) is 59.7 cm³/mol. The van der Waals surface area contributed by atoms with Crippen molar-refractivity contribution in [1.29, 1.82) is 0 Å². The van der Waals surface area contributed by atoms with Gasteiger partial charge in [0, 0.05) is 29.8 Å². The molecule has 1 aliphatic rings. The maximum Gasteiger partial charge on any atom is 0.384 e. The summed E-state index contributed by atoms with van der Waals surface area (Å²) < 4.78 is 5.15. The fourth-order valence-electron chi connectivity index (χ4n) is 2.45. The number of carbonyl (C=O) groups excluding carboxylic acids is 1. The Bertz CT molecular complexity index is 310. The highest BCUT2D eigenvalue weighted by atomic mass is 16.5. The molecular weight excluding hydrogens is 206 g/mol. The normalized spacial score (nSPS) is 24.8. The van der Waals surface area contributed by atoms with Crippen LogP contribution < -0.4 is 0 Å². The van der Waals surface area contributed by atoms with Gasteiger partial charge in [0.25, 0.3) is 0 Å². The molecule has 0 unspecified atom stereocenters. The molecule has 1 fully saturated rings. The molecule has 1 aliphatic heterocycles. The highest BCUT2D eigenvalue weighted by Crippen LogP contribution is 2.37. The third kappa shape index (κ3) is 2.55. The monoisotopic (exact) mass is 225 g/mol. The molecule has 0 aromatic rings. The summed E-state index contributed by atoms with van der Waals surface area (Å²) in [6.45, 7) is 7.63. The Morgan fingerprint density at radius 1 is 1.38 bits per heavy atom. The first-order valence-corrected chi connectivity index (χ1v) is 5.35. The average molecular weight is 225 g/mol. The molecule has 1 N–H and O–H groups in total. The molecule has 1 rings (SSSR count). The SMILES string of the molecule is C#CC(=O)OC1CC(C)(C)N(O)C(C)(C)C1. The van der Waals surface area contributed by atoms with Crippen LogP contribution in [0.4, 0.5) is 0 Å². The summed E-state index contributed by atoms with van der Waals surface area (Å²) in [6, 6.07) is 0. The maximum absolute atomic E-state index is 11.0. The molecule has 0 amide bonds. The van der Waals surface area contributed by atoms with Crippen LogP contribution in [0, 0.1) is 12.3 Å². The highest BCUT2D eigenvalue weighted by molar-refractivity contribution is 5.87. The summed E-state index contributed by atoms with van der Waals surface area (Å²) in [6.07, 6.45) is 5.87. The van der Waals surface area contributed by atoms with E-state index in [1.807, 2.05) is 33.6 Å². The van der Waals surface area contributed by atoms with Gasteiger partial charge in [-0.25, -0.2) is 4.79 Å². The van der Waals surface area contributed by atoms with Crippen LogP contribution in [0.25, 0.3) is 0 Å². The van der Waals surface area contributed by atoms with Gasteiger partial charge in [-0.3, -0.25) is 0 Å². The van der Waals surface area contributed by atoms with Crippen LogP contribution in [0.15, 0.2) is 0 Å². The van der Waals surface area contributed by atoms with Crippen LogP contribution in [0.5, 0.6) is 0 Å². The van der Waals surface area contributed by atoms with Crippen molar-refractivity contribution in [3.8, 4) is 12.3 Å². The summed E-state index contributed by atoms with van der Waals surface area (Å²) in [5.74, 6) is 1.30. The van der Waals surface area contributed by atoms with Crippen molar-refractivity contribution >= 4 is 5.97 Å². The zero-order valence-corrected chi connectivity index (χ0v) is 10.3.